The van der Waals surface area contributed by atoms with Crippen LogP contribution in [-0.2, 0) is 16.8 Å². The van der Waals surface area contributed by atoms with Gasteiger partial charge in [0.1, 0.15) is 6.17 Å². The number of alkyl halides is 4. The lowest BCUT2D eigenvalue weighted by molar-refractivity contribution is -0.285. The van der Waals surface area contributed by atoms with Gasteiger partial charge in [0.15, 0.2) is 0 Å². The normalized spacial score (nSPS) is 18.7. The van der Waals surface area contributed by atoms with E-state index in [2.05, 4.69) is 0 Å². The van der Waals surface area contributed by atoms with Crippen LogP contribution >= 0.6 is 0 Å². The van der Waals surface area contributed by atoms with E-state index in [9.17, 15) is 27.5 Å². The lowest BCUT2D eigenvalue weighted by atomic mass is 9.87. The number of anilines is 1. The molecule has 0 saturated heterocycles. The summed E-state index contributed by atoms with van der Waals surface area (Å²) >= 11 is 0. The average molecular weight is 423 g/mol. The Morgan fingerprint density at radius 3 is 2.33 bits per heavy atom. The molecule has 2 aromatic rings. The van der Waals surface area contributed by atoms with Crippen molar-refractivity contribution in [2.45, 2.75) is 57.0 Å². The van der Waals surface area contributed by atoms with Crippen molar-refractivity contribution in [1.29, 1.82) is 0 Å². The molecule has 1 N–H and O–H groups in total. The van der Waals surface area contributed by atoms with Gasteiger partial charge in [0.05, 0.1) is 5.92 Å². The third-order valence-electron chi connectivity index (χ3n) is 5.83. The average Bonchev–Trinajstić information content (AvgIpc) is 2.93. The third-order valence-corrected chi connectivity index (χ3v) is 5.83. The van der Waals surface area contributed by atoms with E-state index in [0.29, 0.717) is 44.0 Å². The van der Waals surface area contributed by atoms with Gasteiger partial charge in [0, 0.05) is 12.2 Å². The number of hydrogen-bond acceptors (Lipinski definition) is 2. The Labute approximate surface area is 173 Å². The van der Waals surface area contributed by atoms with Gasteiger partial charge in [-0.05, 0) is 55.9 Å². The summed E-state index contributed by atoms with van der Waals surface area (Å²) in [7, 11) is 0. The van der Waals surface area contributed by atoms with Crippen LogP contribution in [0.2, 0.25) is 0 Å². The molecule has 1 amide bonds. The first-order valence-electron chi connectivity index (χ1n) is 10.00. The van der Waals surface area contributed by atoms with E-state index in [-0.39, 0.29) is 5.91 Å². The largest absolute Gasteiger partial charge is 0.424 e. The van der Waals surface area contributed by atoms with E-state index < -0.39 is 29.4 Å². The van der Waals surface area contributed by atoms with E-state index in [4.69, 9.17) is 0 Å². The van der Waals surface area contributed by atoms with Gasteiger partial charge in [-0.15, -0.1) is 0 Å². The number of hydrogen-bond donors (Lipinski definition) is 1. The van der Waals surface area contributed by atoms with Crippen LogP contribution < -0.4 is 4.90 Å². The zero-order valence-corrected chi connectivity index (χ0v) is 16.9. The fourth-order valence-electron chi connectivity index (χ4n) is 3.96. The molecule has 0 radical (unpaired) electrons. The molecule has 3 atom stereocenters. The number of halogens is 4. The lowest BCUT2D eigenvalue weighted by Crippen LogP contribution is -2.49. The summed E-state index contributed by atoms with van der Waals surface area (Å²) in [4.78, 5) is 14.8. The van der Waals surface area contributed by atoms with Crippen LogP contribution in [-0.4, -0.2) is 29.9 Å². The number of aryl methyl sites for hydroxylation is 1. The molecule has 0 aliphatic carbocycles. The van der Waals surface area contributed by atoms with E-state index in [0.717, 1.165) is 11.6 Å². The van der Waals surface area contributed by atoms with Gasteiger partial charge in [0.25, 0.3) is 0 Å². The van der Waals surface area contributed by atoms with Crippen LogP contribution in [0.5, 0.6) is 0 Å². The van der Waals surface area contributed by atoms with Crippen LogP contribution in [0.25, 0.3) is 0 Å². The highest BCUT2D eigenvalue weighted by Crippen LogP contribution is 2.44. The van der Waals surface area contributed by atoms with Gasteiger partial charge >= 0.3 is 6.18 Å². The second-order valence-electron chi connectivity index (χ2n) is 7.80. The van der Waals surface area contributed by atoms with Crippen molar-refractivity contribution in [3.8, 4) is 0 Å². The number of carbonyl (C=O) groups excluding carboxylic acids is 1. The van der Waals surface area contributed by atoms with Crippen molar-refractivity contribution in [2.75, 3.05) is 11.4 Å². The van der Waals surface area contributed by atoms with Gasteiger partial charge < -0.3 is 10.0 Å². The van der Waals surface area contributed by atoms with Gasteiger partial charge in [-0.25, -0.2) is 4.39 Å². The van der Waals surface area contributed by atoms with Crippen LogP contribution in [0.4, 0.5) is 23.2 Å². The van der Waals surface area contributed by atoms with Crippen LogP contribution in [0, 0.1) is 0 Å². The Hall–Kier alpha value is -2.41. The van der Waals surface area contributed by atoms with Gasteiger partial charge in [-0.3, -0.25) is 4.79 Å². The zero-order valence-electron chi connectivity index (χ0n) is 16.9. The minimum atomic E-state index is -5.17. The Balaban J connectivity index is 2.01. The molecular weight excluding hydrogens is 398 g/mol. The van der Waals surface area contributed by atoms with E-state index >= 15 is 0 Å². The van der Waals surface area contributed by atoms with Crippen molar-refractivity contribution in [2.24, 2.45) is 0 Å². The van der Waals surface area contributed by atoms with Crippen molar-refractivity contribution in [3.05, 3.63) is 65.2 Å². The molecule has 2 unspecified atom stereocenters. The van der Waals surface area contributed by atoms with Crippen LogP contribution in [0.3, 0.4) is 0 Å². The summed E-state index contributed by atoms with van der Waals surface area (Å²) in [5.41, 5.74) is -2.28. The first-order chi connectivity index (χ1) is 14.1. The van der Waals surface area contributed by atoms with E-state index in [1.54, 1.807) is 11.8 Å². The minimum Gasteiger partial charge on any atom is -0.374 e. The number of carbonyl (C=O) groups is 1. The molecule has 1 aliphatic rings. The monoisotopic (exact) mass is 423 g/mol. The molecule has 162 valence electrons. The number of benzene rings is 2. The molecule has 0 bridgehead atoms. The SMILES string of the molecule is CC(F)C(O)(c1ccc2c(c1)CCCCN2C(=O)[C@H](C)c1ccccc1)C(F)(F)F. The molecule has 3 rings (SSSR count). The molecule has 7 heteroatoms. The highest BCUT2D eigenvalue weighted by molar-refractivity contribution is 5.98. The van der Waals surface area contributed by atoms with Crippen LogP contribution in [0.1, 0.15) is 49.3 Å². The maximum absolute atomic E-state index is 13.9. The van der Waals surface area contributed by atoms with Crippen molar-refractivity contribution in [1.82, 2.24) is 0 Å². The Morgan fingerprint density at radius 2 is 1.73 bits per heavy atom. The molecule has 0 spiro atoms. The molecule has 3 nitrogen and oxygen atoms in total. The molecule has 0 fully saturated rings. The molecule has 30 heavy (non-hydrogen) atoms. The maximum Gasteiger partial charge on any atom is 0.424 e. The summed E-state index contributed by atoms with van der Waals surface area (Å²) in [6.45, 7) is 2.94. The Morgan fingerprint density at radius 1 is 1.07 bits per heavy atom. The van der Waals surface area contributed by atoms with Gasteiger partial charge in [-0.1, -0.05) is 42.5 Å². The predicted octanol–water partition coefficient (Wildman–Crippen LogP) is 5.27. The number of aliphatic hydroxyl groups is 1. The highest BCUT2D eigenvalue weighted by Gasteiger charge is 2.59. The topological polar surface area (TPSA) is 40.5 Å². The predicted molar refractivity (Wildman–Crippen MR) is 107 cm³/mol. The summed E-state index contributed by atoms with van der Waals surface area (Å²) in [6.07, 6.45) is -5.90. The fourth-order valence-corrected chi connectivity index (χ4v) is 3.96. The van der Waals surface area contributed by atoms with Gasteiger partial charge in [-0.2, -0.15) is 13.2 Å². The number of amides is 1. The van der Waals surface area contributed by atoms with Crippen molar-refractivity contribution < 1.29 is 27.5 Å². The van der Waals surface area contributed by atoms with Crippen LogP contribution in [0.15, 0.2) is 48.5 Å². The second kappa shape index (κ2) is 8.38. The van der Waals surface area contributed by atoms with Crippen molar-refractivity contribution in [3.63, 3.8) is 0 Å². The summed E-state index contributed by atoms with van der Waals surface area (Å²) in [5, 5.41) is 10.2. The maximum atomic E-state index is 13.9. The summed E-state index contributed by atoms with van der Waals surface area (Å²) in [6, 6.07) is 12.9. The molecule has 0 saturated carbocycles. The zero-order chi connectivity index (χ0) is 22.1. The lowest BCUT2D eigenvalue weighted by Gasteiger charge is -2.33. The Bertz CT molecular complexity index is 898. The van der Waals surface area contributed by atoms with Gasteiger partial charge in [0.2, 0.25) is 11.5 Å². The molecular formula is C23H25F4NO2. The van der Waals surface area contributed by atoms with E-state index in [1.165, 1.54) is 12.1 Å². The quantitative estimate of drug-likeness (QED) is 0.681. The summed E-state index contributed by atoms with van der Waals surface area (Å²) in [5.74, 6) is -0.572. The first-order valence-corrected chi connectivity index (χ1v) is 10.00. The van der Waals surface area contributed by atoms with E-state index in [1.807, 2.05) is 30.3 Å². The smallest absolute Gasteiger partial charge is 0.374 e. The van der Waals surface area contributed by atoms with Crippen molar-refractivity contribution >= 4 is 11.6 Å². The third kappa shape index (κ3) is 3.95. The molecule has 1 heterocycles. The number of rotatable bonds is 4. The number of fused-ring (bicyclic) bond motifs is 1. The molecule has 2 aromatic carbocycles. The number of nitrogens with zero attached hydrogens (tertiary/aromatic N) is 1. The Kier molecular flexibility index (Phi) is 6.22. The summed E-state index contributed by atoms with van der Waals surface area (Å²) < 4.78 is 54.4. The standard InChI is InChI=1S/C23H25F4NO2/c1-15(17-8-4-3-5-9-17)21(29)28-13-7-6-10-18-14-19(11-12-20(18)28)22(30,16(2)24)23(25,26)27/h3-5,8-9,11-12,14-16,30H,6-7,10,13H2,1-2H3/t15-,16?,22?/m1/s1. The minimum absolute atomic E-state index is 0.151. The fraction of sp³-hybridized carbons (Fsp3) is 0.435. The second-order valence-corrected chi connectivity index (χ2v) is 7.80. The molecule has 1 aliphatic heterocycles. The molecule has 0 aromatic heterocycles. The highest BCUT2D eigenvalue weighted by atomic mass is 19.4. The first kappa shape index (κ1) is 22.3.